The molecule has 0 atom stereocenters. The number of hydrogen-bond acceptors (Lipinski definition) is 2. The first kappa shape index (κ1) is 9.41. The van der Waals surface area contributed by atoms with E-state index in [4.69, 9.17) is 0 Å². The summed E-state index contributed by atoms with van der Waals surface area (Å²) in [5.74, 6) is 0.874. The van der Waals surface area contributed by atoms with Gasteiger partial charge >= 0.3 is 0 Å². The molecule has 1 saturated carbocycles. The highest BCUT2D eigenvalue weighted by atomic mass is 79.9. The van der Waals surface area contributed by atoms with Gasteiger partial charge in [0.25, 0.3) is 0 Å². The summed E-state index contributed by atoms with van der Waals surface area (Å²) in [6, 6.07) is 2.04. The van der Waals surface area contributed by atoms with Gasteiger partial charge in [0.1, 0.15) is 5.78 Å². The summed E-state index contributed by atoms with van der Waals surface area (Å²) in [6.07, 6.45) is 3.90. The van der Waals surface area contributed by atoms with Crippen LogP contribution < -0.4 is 0 Å². The largest absolute Gasteiger partial charge is 0.299 e. The van der Waals surface area contributed by atoms with E-state index >= 15 is 0 Å². The Morgan fingerprint density at radius 3 is 2.92 bits per heavy atom. The molecular weight excluding hydrogens is 248 g/mol. The van der Waals surface area contributed by atoms with Gasteiger partial charge in [0.15, 0.2) is 0 Å². The highest BCUT2D eigenvalue weighted by Crippen LogP contribution is 2.32. The molecule has 0 bridgehead atoms. The fraction of sp³-hybridized carbons (Fsp3) is 0.500. The number of hydrogen-bond donors (Lipinski definition) is 0. The lowest BCUT2D eigenvalue weighted by Gasteiger charge is -1.97. The zero-order chi connectivity index (χ0) is 9.26. The van der Waals surface area contributed by atoms with Crippen LogP contribution in [-0.2, 0) is 11.2 Å². The molecule has 2 rings (SSSR count). The summed E-state index contributed by atoms with van der Waals surface area (Å²) in [5, 5.41) is 2.06. The van der Waals surface area contributed by atoms with Crippen molar-refractivity contribution in [3.63, 3.8) is 0 Å². The average Bonchev–Trinajstić information content (AvgIpc) is 2.88. The Kier molecular flexibility index (Phi) is 2.84. The van der Waals surface area contributed by atoms with E-state index < -0.39 is 0 Å². The second-order valence-electron chi connectivity index (χ2n) is 3.43. The van der Waals surface area contributed by atoms with E-state index in [-0.39, 0.29) is 0 Å². The molecule has 1 heterocycles. The van der Waals surface area contributed by atoms with Crippen LogP contribution in [0.1, 0.15) is 24.1 Å². The van der Waals surface area contributed by atoms with Crippen LogP contribution in [0.4, 0.5) is 0 Å². The molecule has 1 aliphatic carbocycles. The molecule has 1 fully saturated rings. The molecule has 70 valence electrons. The van der Waals surface area contributed by atoms with Crippen LogP contribution in [0.25, 0.3) is 0 Å². The molecule has 0 aromatic carbocycles. The molecule has 1 aliphatic rings. The lowest BCUT2D eigenvalue weighted by atomic mass is 10.1. The molecule has 0 unspecified atom stereocenters. The van der Waals surface area contributed by atoms with E-state index in [9.17, 15) is 4.79 Å². The van der Waals surface area contributed by atoms with Crippen molar-refractivity contribution in [2.75, 3.05) is 0 Å². The Morgan fingerprint density at radius 2 is 2.38 bits per heavy atom. The van der Waals surface area contributed by atoms with Gasteiger partial charge in [-0.2, -0.15) is 0 Å². The number of halogens is 1. The summed E-state index contributed by atoms with van der Waals surface area (Å²) in [6.45, 7) is 0. The van der Waals surface area contributed by atoms with Crippen LogP contribution in [0.3, 0.4) is 0 Å². The molecule has 3 heteroatoms. The third-order valence-electron chi connectivity index (χ3n) is 2.32. The van der Waals surface area contributed by atoms with Gasteiger partial charge in [-0.05, 0) is 46.6 Å². The first-order chi connectivity index (χ1) is 6.27. The molecule has 0 spiro atoms. The Morgan fingerprint density at radius 1 is 1.62 bits per heavy atom. The minimum atomic E-state index is 0.415. The molecule has 0 amide bonds. The Labute approximate surface area is 90.3 Å². The van der Waals surface area contributed by atoms with Gasteiger partial charge < -0.3 is 0 Å². The summed E-state index contributed by atoms with van der Waals surface area (Å²) >= 11 is 5.19. The molecule has 1 aromatic rings. The van der Waals surface area contributed by atoms with Crippen LogP contribution in [0.2, 0.25) is 0 Å². The van der Waals surface area contributed by atoms with Crippen molar-refractivity contribution < 1.29 is 4.79 Å². The SMILES string of the molecule is O=C(CCc1sccc1Br)C1CC1. The van der Waals surface area contributed by atoms with Gasteiger partial charge in [0.2, 0.25) is 0 Å². The molecule has 1 nitrogen and oxygen atoms in total. The summed E-state index contributed by atoms with van der Waals surface area (Å²) < 4.78 is 1.15. The number of thiophene rings is 1. The maximum absolute atomic E-state index is 11.4. The molecule has 1 aromatic heterocycles. The standard InChI is InChI=1S/C10H11BrOS/c11-8-5-6-13-10(8)4-3-9(12)7-1-2-7/h5-7H,1-4H2. The predicted molar refractivity (Wildman–Crippen MR) is 58.1 cm³/mol. The molecule has 0 N–H and O–H groups in total. The van der Waals surface area contributed by atoms with Crippen LogP contribution in [0.15, 0.2) is 15.9 Å². The molecule has 0 radical (unpaired) electrons. The third kappa shape index (κ3) is 2.41. The smallest absolute Gasteiger partial charge is 0.136 e. The maximum atomic E-state index is 11.4. The number of carbonyl (C=O) groups excluding carboxylic acids is 1. The summed E-state index contributed by atoms with van der Waals surface area (Å²) in [7, 11) is 0. The van der Waals surface area contributed by atoms with E-state index in [1.807, 2.05) is 6.07 Å². The predicted octanol–water partition coefficient (Wildman–Crippen LogP) is 3.42. The van der Waals surface area contributed by atoms with E-state index in [1.165, 1.54) is 4.88 Å². The van der Waals surface area contributed by atoms with Gasteiger partial charge in [0.05, 0.1) is 0 Å². The van der Waals surface area contributed by atoms with E-state index in [0.717, 1.165) is 30.2 Å². The van der Waals surface area contributed by atoms with Crippen molar-refractivity contribution in [2.45, 2.75) is 25.7 Å². The fourth-order valence-electron chi connectivity index (χ4n) is 1.35. The lowest BCUT2D eigenvalue weighted by Crippen LogP contribution is -2.01. The first-order valence-corrected chi connectivity index (χ1v) is 6.19. The van der Waals surface area contributed by atoms with Crippen molar-refractivity contribution in [3.05, 3.63) is 20.8 Å². The fourth-order valence-corrected chi connectivity index (χ4v) is 2.90. The van der Waals surface area contributed by atoms with Gasteiger partial charge in [-0.3, -0.25) is 4.79 Å². The van der Waals surface area contributed by atoms with E-state index in [0.29, 0.717) is 11.7 Å². The van der Waals surface area contributed by atoms with Crippen LogP contribution in [0.5, 0.6) is 0 Å². The highest BCUT2D eigenvalue weighted by Gasteiger charge is 2.28. The molecule has 0 aliphatic heterocycles. The second-order valence-corrected chi connectivity index (χ2v) is 5.29. The van der Waals surface area contributed by atoms with Crippen molar-refractivity contribution in [1.82, 2.24) is 0 Å². The van der Waals surface area contributed by atoms with Gasteiger partial charge in [0, 0.05) is 21.7 Å². The van der Waals surface area contributed by atoms with Gasteiger partial charge in [-0.1, -0.05) is 0 Å². The van der Waals surface area contributed by atoms with Crippen LogP contribution in [-0.4, -0.2) is 5.78 Å². The lowest BCUT2D eigenvalue weighted by molar-refractivity contribution is -0.120. The molecule has 13 heavy (non-hydrogen) atoms. The number of carbonyl (C=O) groups is 1. The van der Waals surface area contributed by atoms with Gasteiger partial charge in [-0.25, -0.2) is 0 Å². The van der Waals surface area contributed by atoms with Crippen molar-refractivity contribution in [1.29, 1.82) is 0 Å². The van der Waals surface area contributed by atoms with Crippen LogP contribution >= 0.6 is 27.3 Å². The average molecular weight is 259 g/mol. The number of Topliss-reactive ketones (excluding diaryl/α,β-unsaturated/α-hetero) is 1. The highest BCUT2D eigenvalue weighted by molar-refractivity contribution is 9.10. The third-order valence-corrected chi connectivity index (χ3v) is 4.31. The monoisotopic (exact) mass is 258 g/mol. The summed E-state index contributed by atoms with van der Waals surface area (Å²) in [5.41, 5.74) is 0. The number of aryl methyl sites for hydroxylation is 1. The normalized spacial score (nSPS) is 16.1. The van der Waals surface area contributed by atoms with Gasteiger partial charge in [-0.15, -0.1) is 11.3 Å². The summed E-state index contributed by atoms with van der Waals surface area (Å²) in [4.78, 5) is 12.7. The molecular formula is C10H11BrOS. The van der Waals surface area contributed by atoms with Crippen molar-refractivity contribution in [2.24, 2.45) is 5.92 Å². The zero-order valence-electron chi connectivity index (χ0n) is 7.25. The zero-order valence-corrected chi connectivity index (χ0v) is 9.66. The Hall–Kier alpha value is -0.150. The minimum absolute atomic E-state index is 0.415. The van der Waals surface area contributed by atoms with E-state index in [2.05, 4.69) is 21.3 Å². The number of rotatable bonds is 4. The Bertz CT molecular complexity index is 314. The van der Waals surface area contributed by atoms with E-state index in [1.54, 1.807) is 11.3 Å². The minimum Gasteiger partial charge on any atom is -0.299 e. The molecule has 0 saturated heterocycles. The van der Waals surface area contributed by atoms with Crippen LogP contribution in [0, 0.1) is 5.92 Å². The van der Waals surface area contributed by atoms with Crippen molar-refractivity contribution >= 4 is 33.0 Å². The second kappa shape index (κ2) is 3.93. The quantitative estimate of drug-likeness (QED) is 0.809. The first-order valence-electron chi connectivity index (χ1n) is 4.52. The maximum Gasteiger partial charge on any atom is 0.136 e. The number of ketones is 1. The Balaban J connectivity index is 1.85. The van der Waals surface area contributed by atoms with Crippen molar-refractivity contribution in [3.8, 4) is 0 Å². The topological polar surface area (TPSA) is 17.1 Å².